The van der Waals surface area contributed by atoms with Crippen molar-refractivity contribution in [2.45, 2.75) is 32.7 Å². The molecule has 2 nitrogen and oxygen atoms in total. The number of phenols is 1. The molecule has 1 fully saturated rings. The largest absolute Gasteiger partial charge is 0.508 e. The Morgan fingerprint density at radius 2 is 2.12 bits per heavy atom. The number of aromatic hydroxyl groups is 1. The summed E-state index contributed by atoms with van der Waals surface area (Å²) < 4.78 is 0. The number of nitrogens with one attached hydrogen (secondary N) is 1. The monoisotopic (exact) mass is 219 g/mol. The summed E-state index contributed by atoms with van der Waals surface area (Å²) in [6.45, 7) is 4.20. The van der Waals surface area contributed by atoms with Crippen LogP contribution in [0, 0.1) is 11.8 Å². The Bertz CT molecular complexity index is 337. The second kappa shape index (κ2) is 5.35. The van der Waals surface area contributed by atoms with Gasteiger partial charge >= 0.3 is 0 Å². The lowest BCUT2D eigenvalue weighted by Crippen LogP contribution is -2.23. The zero-order valence-corrected chi connectivity index (χ0v) is 9.95. The lowest BCUT2D eigenvalue weighted by atomic mass is 9.98. The molecular formula is C14H21NO. The van der Waals surface area contributed by atoms with Crippen LogP contribution in [-0.2, 0) is 6.54 Å². The average molecular weight is 219 g/mol. The van der Waals surface area contributed by atoms with Crippen LogP contribution in [-0.4, -0.2) is 11.7 Å². The van der Waals surface area contributed by atoms with Gasteiger partial charge in [0.2, 0.25) is 0 Å². The first-order valence-corrected chi connectivity index (χ1v) is 6.25. The Morgan fingerprint density at radius 3 is 2.81 bits per heavy atom. The number of phenolic OH excluding ortho intramolecular Hbond substituents is 1. The molecule has 0 aliphatic heterocycles. The van der Waals surface area contributed by atoms with Gasteiger partial charge in [0.05, 0.1) is 0 Å². The quantitative estimate of drug-likeness (QED) is 0.816. The first kappa shape index (κ1) is 11.5. The highest BCUT2D eigenvalue weighted by Gasteiger charge is 2.22. The molecule has 0 radical (unpaired) electrons. The number of benzene rings is 1. The third-order valence-corrected chi connectivity index (χ3v) is 3.75. The van der Waals surface area contributed by atoms with Crippen molar-refractivity contribution in [1.29, 1.82) is 0 Å². The van der Waals surface area contributed by atoms with Crippen LogP contribution >= 0.6 is 0 Å². The van der Waals surface area contributed by atoms with Crippen molar-refractivity contribution in [2.24, 2.45) is 11.8 Å². The number of para-hydroxylation sites is 1. The third-order valence-electron chi connectivity index (χ3n) is 3.75. The molecule has 16 heavy (non-hydrogen) atoms. The van der Waals surface area contributed by atoms with E-state index in [0.717, 1.165) is 30.5 Å². The average Bonchev–Trinajstić information content (AvgIpc) is 2.67. The van der Waals surface area contributed by atoms with Crippen LogP contribution < -0.4 is 5.32 Å². The van der Waals surface area contributed by atoms with Gasteiger partial charge in [-0.15, -0.1) is 0 Å². The van der Waals surface area contributed by atoms with E-state index in [-0.39, 0.29) is 0 Å². The van der Waals surface area contributed by atoms with Gasteiger partial charge in [-0.1, -0.05) is 38.0 Å². The van der Waals surface area contributed by atoms with Crippen LogP contribution in [0.25, 0.3) is 0 Å². The molecule has 0 bridgehead atoms. The predicted molar refractivity (Wildman–Crippen MR) is 66.3 cm³/mol. The van der Waals surface area contributed by atoms with E-state index in [9.17, 15) is 5.11 Å². The van der Waals surface area contributed by atoms with Crippen LogP contribution in [0.3, 0.4) is 0 Å². The molecule has 1 aliphatic rings. The van der Waals surface area contributed by atoms with Crippen LogP contribution in [0.4, 0.5) is 0 Å². The fraction of sp³-hybridized carbons (Fsp3) is 0.571. The maximum Gasteiger partial charge on any atom is 0.120 e. The summed E-state index contributed by atoms with van der Waals surface area (Å²) in [5, 5.41) is 13.1. The van der Waals surface area contributed by atoms with E-state index >= 15 is 0 Å². The van der Waals surface area contributed by atoms with Crippen LogP contribution in [0.5, 0.6) is 5.75 Å². The summed E-state index contributed by atoms with van der Waals surface area (Å²) >= 11 is 0. The van der Waals surface area contributed by atoms with Crippen molar-refractivity contribution in [3.05, 3.63) is 29.8 Å². The number of hydrogen-bond acceptors (Lipinski definition) is 2. The molecule has 88 valence electrons. The van der Waals surface area contributed by atoms with E-state index in [0.29, 0.717) is 5.75 Å². The van der Waals surface area contributed by atoms with Gasteiger partial charge in [0, 0.05) is 12.1 Å². The summed E-state index contributed by atoms with van der Waals surface area (Å²) in [6.07, 6.45) is 4.11. The lowest BCUT2D eigenvalue weighted by Gasteiger charge is -2.16. The Balaban J connectivity index is 1.78. The zero-order chi connectivity index (χ0) is 11.4. The van der Waals surface area contributed by atoms with E-state index in [1.165, 1.54) is 19.3 Å². The Morgan fingerprint density at radius 1 is 1.31 bits per heavy atom. The zero-order valence-electron chi connectivity index (χ0n) is 9.95. The topological polar surface area (TPSA) is 32.3 Å². The molecule has 0 spiro atoms. The van der Waals surface area contributed by atoms with Crippen molar-refractivity contribution < 1.29 is 5.11 Å². The van der Waals surface area contributed by atoms with Crippen LogP contribution in [0.1, 0.15) is 31.7 Å². The third kappa shape index (κ3) is 2.76. The Hall–Kier alpha value is -1.02. The molecule has 0 amide bonds. The van der Waals surface area contributed by atoms with Crippen molar-refractivity contribution in [3.8, 4) is 5.75 Å². The first-order valence-electron chi connectivity index (χ1n) is 6.25. The SMILES string of the molecule is CC1CCCC1CNCc1ccccc1O. The molecule has 1 aliphatic carbocycles. The highest BCUT2D eigenvalue weighted by molar-refractivity contribution is 5.31. The minimum absolute atomic E-state index is 0.398. The van der Waals surface area contributed by atoms with Crippen LogP contribution in [0.15, 0.2) is 24.3 Å². The lowest BCUT2D eigenvalue weighted by molar-refractivity contribution is 0.389. The van der Waals surface area contributed by atoms with Crippen molar-refractivity contribution >= 4 is 0 Å². The van der Waals surface area contributed by atoms with Gasteiger partial charge in [0.25, 0.3) is 0 Å². The molecule has 2 N–H and O–H groups in total. The molecule has 0 aromatic heterocycles. The summed E-state index contributed by atoms with van der Waals surface area (Å²) in [4.78, 5) is 0. The fourth-order valence-corrected chi connectivity index (χ4v) is 2.58. The fourth-order valence-electron chi connectivity index (χ4n) is 2.58. The highest BCUT2D eigenvalue weighted by Crippen LogP contribution is 2.30. The number of rotatable bonds is 4. The molecule has 1 aromatic carbocycles. The minimum Gasteiger partial charge on any atom is -0.508 e. The van der Waals surface area contributed by atoms with E-state index in [1.807, 2.05) is 18.2 Å². The molecule has 0 saturated heterocycles. The van der Waals surface area contributed by atoms with E-state index in [4.69, 9.17) is 0 Å². The summed E-state index contributed by atoms with van der Waals surface area (Å²) in [7, 11) is 0. The van der Waals surface area contributed by atoms with Gasteiger partial charge in [-0.05, 0) is 30.9 Å². The summed E-state index contributed by atoms with van der Waals surface area (Å²) in [6, 6.07) is 7.54. The normalized spacial score (nSPS) is 24.8. The predicted octanol–water partition coefficient (Wildman–Crippen LogP) is 2.92. The van der Waals surface area contributed by atoms with Gasteiger partial charge in [0.15, 0.2) is 0 Å². The Labute approximate surface area is 97.7 Å². The van der Waals surface area contributed by atoms with Crippen molar-refractivity contribution in [1.82, 2.24) is 5.32 Å². The molecular weight excluding hydrogens is 198 g/mol. The van der Waals surface area contributed by atoms with E-state index in [1.54, 1.807) is 6.07 Å². The van der Waals surface area contributed by atoms with E-state index < -0.39 is 0 Å². The molecule has 0 heterocycles. The standard InChI is InChI=1S/C14H21NO/c1-11-5-4-7-12(11)9-15-10-13-6-2-3-8-14(13)16/h2-3,6,8,11-12,15-16H,4-5,7,9-10H2,1H3. The first-order chi connectivity index (χ1) is 7.77. The maximum absolute atomic E-state index is 9.61. The molecule has 2 unspecified atom stereocenters. The van der Waals surface area contributed by atoms with Gasteiger partial charge in [-0.2, -0.15) is 0 Å². The van der Waals surface area contributed by atoms with Crippen molar-refractivity contribution in [3.63, 3.8) is 0 Å². The van der Waals surface area contributed by atoms with Gasteiger partial charge in [-0.3, -0.25) is 0 Å². The number of hydrogen-bond donors (Lipinski definition) is 2. The second-order valence-corrected chi connectivity index (χ2v) is 4.93. The molecule has 2 atom stereocenters. The molecule has 2 rings (SSSR count). The van der Waals surface area contributed by atoms with Gasteiger partial charge < -0.3 is 10.4 Å². The van der Waals surface area contributed by atoms with Gasteiger partial charge in [-0.25, -0.2) is 0 Å². The Kier molecular flexibility index (Phi) is 3.83. The summed E-state index contributed by atoms with van der Waals surface area (Å²) in [5.41, 5.74) is 0.994. The van der Waals surface area contributed by atoms with Crippen molar-refractivity contribution in [2.75, 3.05) is 6.54 Å². The highest BCUT2D eigenvalue weighted by atomic mass is 16.3. The summed E-state index contributed by atoms with van der Waals surface area (Å²) in [5.74, 6) is 2.08. The molecule has 2 heteroatoms. The molecule has 1 aromatic rings. The molecule has 1 saturated carbocycles. The maximum atomic E-state index is 9.61. The smallest absolute Gasteiger partial charge is 0.120 e. The van der Waals surface area contributed by atoms with E-state index in [2.05, 4.69) is 12.2 Å². The van der Waals surface area contributed by atoms with Crippen LogP contribution in [0.2, 0.25) is 0 Å². The second-order valence-electron chi connectivity index (χ2n) is 4.93. The van der Waals surface area contributed by atoms with Gasteiger partial charge in [0.1, 0.15) is 5.75 Å². The minimum atomic E-state index is 0.398.